The largest absolute Gasteiger partial charge is 0.464 e. The van der Waals surface area contributed by atoms with E-state index in [4.69, 9.17) is 9.40 Å². The van der Waals surface area contributed by atoms with Gasteiger partial charge in [-0.05, 0) is 42.5 Å². The molecule has 1 unspecified atom stereocenters. The van der Waals surface area contributed by atoms with Gasteiger partial charge in [-0.25, -0.2) is 9.97 Å². The molecule has 2 fully saturated rings. The third kappa shape index (κ3) is 7.22. The number of benzene rings is 4. The van der Waals surface area contributed by atoms with Crippen LogP contribution in [0.1, 0.15) is 32.6 Å². The summed E-state index contributed by atoms with van der Waals surface area (Å²) in [5.74, 6) is -0.506. The van der Waals surface area contributed by atoms with Gasteiger partial charge in [0.1, 0.15) is 27.0 Å². The molecule has 1 atom stereocenters. The predicted molar refractivity (Wildman–Crippen MR) is 222 cm³/mol. The van der Waals surface area contributed by atoms with Gasteiger partial charge in [0, 0.05) is 78.6 Å². The van der Waals surface area contributed by atoms with E-state index in [-0.39, 0.29) is 17.9 Å². The second kappa shape index (κ2) is 15.5. The fourth-order valence-corrected chi connectivity index (χ4v) is 8.91. The average Bonchev–Trinajstić information content (AvgIpc) is 4.04. The number of furan rings is 1. The van der Waals surface area contributed by atoms with Crippen LogP contribution in [0.4, 0.5) is 22.7 Å². The number of rotatable bonds is 9. The number of para-hydroxylation sites is 4. The molecule has 4 aromatic carbocycles. The Morgan fingerprint density at radius 1 is 0.691 bits per heavy atom. The van der Waals surface area contributed by atoms with Crippen LogP contribution in [0.5, 0.6) is 0 Å². The maximum atomic E-state index is 13.6. The Kier molecular flexibility index (Phi) is 9.81. The topological polar surface area (TPSA) is 128 Å². The van der Waals surface area contributed by atoms with Gasteiger partial charge < -0.3 is 35.5 Å². The lowest BCUT2D eigenvalue weighted by Crippen LogP contribution is -2.46. The first-order chi connectivity index (χ1) is 27.1. The quantitative estimate of drug-likeness (QED) is 0.117. The number of carbonyl (C=O) groups excluding carboxylic acids is 2. The highest BCUT2D eigenvalue weighted by Crippen LogP contribution is 2.40. The van der Waals surface area contributed by atoms with Gasteiger partial charge in [-0.15, -0.1) is 22.7 Å². The van der Waals surface area contributed by atoms with E-state index < -0.39 is 0 Å². The highest BCUT2D eigenvalue weighted by Gasteiger charge is 2.30. The minimum atomic E-state index is -0.260. The van der Waals surface area contributed by atoms with Gasteiger partial charge in [-0.3, -0.25) is 9.59 Å². The molecule has 0 bridgehead atoms. The lowest BCUT2D eigenvalue weighted by atomic mass is 9.97. The Bertz CT molecular complexity index is 2470. The van der Waals surface area contributed by atoms with Crippen molar-refractivity contribution in [2.75, 3.05) is 66.2 Å². The molecule has 0 aliphatic carbocycles. The zero-order valence-electron chi connectivity index (χ0n) is 29.8. The first kappa shape index (κ1) is 34.9. The Morgan fingerprint density at radius 2 is 1.31 bits per heavy atom. The van der Waals surface area contributed by atoms with Crippen molar-refractivity contribution < 1.29 is 14.0 Å². The van der Waals surface area contributed by atoms with Crippen molar-refractivity contribution in [3.63, 3.8) is 0 Å². The standard InChI is InChI=1S/C42H38N8O3S2/c51-39(45-31-10-4-6-12-35(31)49-18-15-43-16-19-49)34-26-55-42(48-34)29-22-28-14-21-53-38(28)30(23-29)37-24-44-17-20-50(37)36-13-7-5-11-32(36)46-40(52)33-25-54-41(47-33)27-8-2-1-3-9-27/h1-14,21-23,25-26,37,43-44H,15-20,24H2,(H,45,51)(H,46,52). The van der Waals surface area contributed by atoms with Crippen LogP contribution < -0.4 is 31.1 Å². The van der Waals surface area contributed by atoms with Gasteiger partial charge in [0.25, 0.3) is 11.8 Å². The minimum Gasteiger partial charge on any atom is -0.464 e. The van der Waals surface area contributed by atoms with Crippen molar-refractivity contribution in [3.8, 4) is 21.1 Å². The molecule has 9 rings (SSSR count). The number of piperazine rings is 2. The molecular formula is C42H38N8O3S2. The van der Waals surface area contributed by atoms with Gasteiger partial charge in [-0.2, -0.15) is 0 Å². The Balaban J connectivity index is 0.985. The molecule has 7 aromatic rings. The number of anilines is 4. The van der Waals surface area contributed by atoms with Crippen molar-refractivity contribution in [1.82, 2.24) is 20.6 Å². The van der Waals surface area contributed by atoms with Crippen molar-refractivity contribution in [2.45, 2.75) is 6.04 Å². The van der Waals surface area contributed by atoms with Crippen LogP contribution in [0.25, 0.3) is 32.1 Å². The van der Waals surface area contributed by atoms with Crippen molar-refractivity contribution in [2.24, 2.45) is 0 Å². The first-order valence-electron chi connectivity index (χ1n) is 18.3. The molecule has 2 amide bonds. The zero-order valence-corrected chi connectivity index (χ0v) is 31.5. The zero-order chi connectivity index (χ0) is 37.1. The number of carbonyl (C=O) groups is 2. The van der Waals surface area contributed by atoms with Crippen LogP contribution in [-0.4, -0.2) is 67.6 Å². The van der Waals surface area contributed by atoms with Gasteiger partial charge in [0.05, 0.1) is 35.1 Å². The average molecular weight is 767 g/mol. The van der Waals surface area contributed by atoms with Gasteiger partial charge >= 0.3 is 0 Å². The summed E-state index contributed by atoms with van der Waals surface area (Å²) in [6.45, 7) is 5.70. The maximum absolute atomic E-state index is 13.6. The molecule has 2 aliphatic rings. The number of hydrogen-bond acceptors (Lipinski definition) is 11. The Labute approximate surface area is 326 Å². The molecule has 11 nitrogen and oxygen atoms in total. The second-order valence-corrected chi connectivity index (χ2v) is 15.2. The van der Waals surface area contributed by atoms with E-state index >= 15 is 0 Å². The van der Waals surface area contributed by atoms with Gasteiger partial charge in [0.2, 0.25) is 0 Å². The number of nitrogens with one attached hydrogen (secondary N) is 4. The van der Waals surface area contributed by atoms with E-state index in [2.05, 4.69) is 48.2 Å². The minimum absolute atomic E-state index is 0.131. The fraction of sp³-hybridized carbons (Fsp3) is 0.190. The van der Waals surface area contributed by atoms with E-state index in [0.29, 0.717) is 30.2 Å². The normalized spacial score (nSPS) is 16.0. The molecule has 0 radical (unpaired) electrons. The summed E-state index contributed by atoms with van der Waals surface area (Å²) in [5.41, 5.74) is 7.79. The summed E-state index contributed by atoms with van der Waals surface area (Å²) in [7, 11) is 0. The smallest absolute Gasteiger partial charge is 0.275 e. The van der Waals surface area contributed by atoms with E-state index in [9.17, 15) is 9.59 Å². The van der Waals surface area contributed by atoms with Crippen LogP contribution in [0.3, 0.4) is 0 Å². The SMILES string of the molecule is O=C(Nc1ccccc1N1CCNCC1)c1csc(-c2cc(C3CNCCN3c3ccccc3NC(=O)c3csc(-c4ccccc4)n3)c3occc3c2)n1. The second-order valence-electron chi connectivity index (χ2n) is 13.4. The molecule has 55 heavy (non-hydrogen) atoms. The fourth-order valence-electron chi connectivity index (χ4n) is 7.32. The number of hydrogen-bond donors (Lipinski definition) is 4. The molecular weight excluding hydrogens is 729 g/mol. The summed E-state index contributed by atoms with van der Waals surface area (Å²) in [6.07, 6.45) is 1.71. The van der Waals surface area contributed by atoms with E-state index in [1.165, 1.54) is 22.7 Å². The molecule has 5 heterocycles. The number of aromatic nitrogens is 2. The van der Waals surface area contributed by atoms with Crippen molar-refractivity contribution >= 4 is 68.2 Å². The number of nitrogens with zero attached hydrogens (tertiary/aromatic N) is 4. The summed E-state index contributed by atoms with van der Waals surface area (Å²) in [5, 5.41) is 19.3. The molecule has 276 valence electrons. The lowest BCUT2D eigenvalue weighted by molar-refractivity contribution is 0.101. The van der Waals surface area contributed by atoms with Gasteiger partial charge in [-0.1, -0.05) is 54.6 Å². The number of thiazole rings is 2. The summed E-state index contributed by atoms with van der Waals surface area (Å²) < 4.78 is 6.12. The molecule has 2 aliphatic heterocycles. The summed E-state index contributed by atoms with van der Waals surface area (Å²) in [6, 6.07) is 31.7. The Morgan fingerprint density at radius 3 is 2.04 bits per heavy atom. The first-order valence-corrected chi connectivity index (χ1v) is 20.1. The molecule has 4 N–H and O–H groups in total. The molecule has 2 saturated heterocycles. The molecule has 0 spiro atoms. The van der Waals surface area contributed by atoms with Crippen LogP contribution >= 0.6 is 22.7 Å². The number of amides is 2. The molecule has 13 heteroatoms. The van der Waals surface area contributed by atoms with E-state index in [1.807, 2.05) is 90.3 Å². The van der Waals surface area contributed by atoms with Crippen LogP contribution in [-0.2, 0) is 0 Å². The maximum Gasteiger partial charge on any atom is 0.275 e. The van der Waals surface area contributed by atoms with Crippen molar-refractivity contribution in [3.05, 3.63) is 131 Å². The van der Waals surface area contributed by atoms with Crippen LogP contribution in [0, 0.1) is 0 Å². The third-order valence-corrected chi connectivity index (χ3v) is 11.8. The highest BCUT2D eigenvalue weighted by molar-refractivity contribution is 7.13. The molecule has 0 saturated carbocycles. The monoisotopic (exact) mass is 766 g/mol. The van der Waals surface area contributed by atoms with E-state index in [0.717, 1.165) is 87.5 Å². The highest BCUT2D eigenvalue weighted by atomic mass is 32.1. The number of fused-ring (bicyclic) bond motifs is 1. The van der Waals surface area contributed by atoms with Crippen LogP contribution in [0.15, 0.2) is 119 Å². The summed E-state index contributed by atoms with van der Waals surface area (Å²) in [4.78, 5) is 41.3. The van der Waals surface area contributed by atoms with Crippen LogP contribution in [0.2, 0.25) is 0 Å². The summed E-state index contributed by atoms with van der Waals surface area (Å²) >= 11 is 2.89. The van der Waals surface area contributed by atoms with Gasteiger partial charge in [0.15, 0.2) is 0 Å². The van der Waals surface area contributed by atoms with E-state index in [1.54, 1.807) is 11.6 Å². The predicted octanol–water partition coefficient (Wildman–Crippen LogP) is 7.74. The third-order valence-electron chi connectivity index (χ3n) is 10.00. The Hall–Kier alpha value is -5.86. The lowest BCUT2D eigenvalue weighted by Gasteiger charge is -2.39. The molecule has 3 aromatic heterocycles. The van der Waals surface area contributed by atoms with Crippen molar-refractivity contribution in [1.29, 1.82) is 0 Å².